The van der Waals surface area contributed by atoms with Crippen LogP contribution in [0.1, 0.15) is 38.3 Å². The van der Waals surface area contributed by atoms with E-state index in [1.807, 2.05) is 0 Å². The maximum atomic E-state index is 10.9. The summed E-state index contributed by atoms with van der Waals surface area (Å²) in [6, 6.07) is -1.34. The van der Waals surface area contributed by atoms with Crippen LogP contribution in [0.15, 0.2) is 12.7 Å². The third kappa shape index (κ3) is 4.52. The van der Waals surface area contributed by atoms with Gasteiger partial charge in [0.15, 0.2) is 11.5 Å². The maximum Gasteiger partial charge on any atom is 0.320 e. The van der Waals surface area contributed by atoms with Crippen molar-refractivity contribution in [3.05, 3.63) is 12.7 Å². The molecule has 11 nitrogen and oxygen atoms in total. The van der Waals surface area contributed by atoms with E-state index in [2.05, 4.69) is 20.9 Å². The zero-order valence-corrected chi connectivity index (χ0v) is 16.5. The highest BCUT2D eigenvalue weighted by Gasteiger charge is 2.45. The number of anilines is 1. The van der Waals surface area contributed by atoms with E-state index in [-0.39, 0.29) is 24.2 Å². The SMILES string of the molecule is C#CCC[C@@H]1[C@H](O)[C@@H](C[C@@H](N)CC[C@H](N)C(=O)O)O[C@H]1n1cnc2c(N)ncnc21. The number of nitrogens with two attached hydrogens (primary N) is 3. The summed E-state index contributed by atoms with van der Waals surface area (Å²) in [6.07, 6.45) is 8.42. The van der Waals surface area contributed by atoms with E-state index in [4.69, 9.17) is 33.5 Å². The standard InChI is InChI=1S/C19H27N7O4/c1-2-3-4-11-15(27)13(7-10(20)5-6-12(21)19(28)29)30-18(11)26-9-25-14-16(22)23-8-24-17(14)26/h1,8-13,15,18,27H,3-7,20-21H2,(H,28,29)(H2,22,23,24)/t10-,11+,12-,13+,15-,18+/m0/s1. The molecule has 162 valence electrons. The number of hydrogen-bond acceptors (Lipinski definition) is 9. The van der Waals surface area contributed by atoms with Crippen LogP contribution in [0.25, 0.3) is 11.2 Å². The third-order valence-corrected chi connectivity index (χ3v) is 5.48. The summed E-state index contributed by atoms with van der Waals surface area (Å²) in [7, 11) is 0. The summed E-state index contributed by atoms with van der Waals surface area (Å²) in [5, 5.41) is 19.8. The van der Waals surface area contributed by atoms with Crippen LogP contribution in [0.4, 0.5) is 5.82 Å². The van der Waals surface area contributed by atoms with Gasteiger partial charge in [0.1, 0.15) is 24.1 Å². The Hall–Kier alpha value is -2.78. The number of imidazole rings is 1. The van der Waals surface area contributed by atoms with Crippen LogP contribution >= 0.6 is 0 Å². The van der Waals surface area contributed by atoms with Gasteiger partial charge in [0.25, 0.3) is 0 Å². The first-order valence-electron chi connectivity index (χ1n) is 9.77. The van der Waals surface area contributed by atoms with Gasteiger partial charge in [-0.2, -0.15) is 0 Å². The van der Waals surface area contributed by atoms with Crippen molar-refractivity contribution in [3.8, 4) is 12.3 Å². The van der Waals surface area contributed by atoms with Crippen LogP contribution in [0.2, 0.25) is 0 Å². The molecule has 30 heavy (non-hydrogen) atoms. The monoisotopic (exact) mass is 417 g/mol. The number of aliphatic hydroxyl groups is 1. The molecule has 0 aromatic carbocycles. The van der Waals surface area contributed by atoms with Gasteiger partial charge in [-0.15, -0.1) is 12.3 Å². The smallest absolute Gasteiger partial charge is 0.320 e. The molecule has 0 radical (unpaired) electrons. The number of carboxylic acid groups (broad SMARTS) is 1. The first kappa shape index (κ1) is 21.9. The first-order valence-corrected chi connectivity index (χ1v) is 9.77. The van der Waals surface area contributed by atoms with Crippen molar-refractivity contribution in [2.75, 3.05) is 5.73 Å². The molecule has 1 fully saturated rings. The van der Waals surface area contributed by atoms with Gasteiger partial charge >= 0.3 is 5.97 Å². The number of carboxylic acids is 1. The molecule has 3 rings (SSSR count). The molecule has 3 heterocycles. The number of terminal acetylenes is 1. The van der Waals surface area contributed by atoms with Gasteiger partial charge in [-0.25, -0.2) is 15.0 Å². The Morgan fingerprint density at radius 2 is 2.10 bits per heavy atom. The summed E-state index contributed by atoms with van der Waals surface area (Å²) >= 11 is 0. The van der Waals surface area contributed by atoms with Crippen molar-refractivity contribution in [3.63, 3.8) is 0 Å². The summed E-state index contributed by atoms with van der Waals surface area (Å²) in [4.78, 5) is 23.3. The molecule has 11 heteroatoms. The second kappa shape index (κ2) is 9.36. The van der Waals surface area contributed by atoms with Gasteiger partial charge in [0, 0.05) is 18.4 Å². The zero-order chi connectivity index (χ0) is 21.8. The van der Waals surface area contributed by atoms with Gasteiger partial charge < -0.3 is 32.2 Å². The van der Waals surface area contributed by atoms with E-state index in [0.717, 1.165) is 0 Å². The van der Waals surface area contributed by atoms with Gasteiger partial charge in [-0.05, 0) is 25.7 Å². The van der Waals surface area contributed by atoms with Crippen LogP contribution in [0, 0.1) is 18.3 Å². The number of aliphatic hydroxyl groups excluding tert-OH is 1. The topological polar surface area (TPSA) is 188 Å². The number of nitrogen functional groups attached to an aromatic ring is 1. The Labute approximate surface area is 173 Å². The molecular weight excluding hydrogens is 390 g/mol. The Bertz CT molecular complexity index is 927. The minimum Gasteiger partial charge on any atom is -0.480 e. The molecule has 0 unspecified atom stereocenters. The minimum atomic E-state index is -1.07. The van der Waals surface area contributed by atoms with Crippen molar-refractivity contribution in [1.29, 1.82) is 0 Å². The number of rotatable bonds is 9. The number of carbonyl (C=O) groups is 1. The van der Waals surface area contributed by atoms with Crippen LogP contribution in [-0.4, -0.2) is 60.0 Å². The van der Waals surface area contributed by atoms with E-state index in [9.17, 15) is 9.90 Å². The van der Waals surface area contributed by atoms with Crippen molar-refractivity contribution < 1.29 is 19.7 Å². The molecule has 0 saturated carbocycles. The summed E-state index contributed by atoms with van der Waals surface area (Å²) in [5.74, 6) is 1.48. The highest BCUT2D eigenvalue weighted by molar-refractivity contribution is 5.81. The highest BCUT2D eigenvalue weighted by Crippen LogP contribution is 2.40. The Balaban J connectivity index is 1.77. The molecule has 1 aliphatic rings. The predicted octanol–water partition coefficient (Wildman–Crippen LogP) is -0.394. The van der Waals surface area contributed by atoms with Gasteiger partial charge in [-0.3, -0.25) is 9.36 Å². The molecule has 0 amide bonds. The Morgan fingerprint density at radius 3 is 2.80 bits per heavy atom. The molecule has 0 bridgehead atoms. The summed E-state index contributed by atoms with van der Waals surface area (Å²) in [6.45, 7) is 0. The second-order valence-corrected chi connectivity index (χ2v) is 7.56. The lowest BCUT2D eigenvalue weighted by Gasteiger charge is -2.21. The minimum absolute atomic E-state index is 0.242. The average Bonchev–Trinajstić information content (AvgIpc) is 3.27. The van der Waals surface area contributed by atoms with E-state index in [1.165, 1.54) is 6.33 Å². The first-order chi connectivity index (χ1) is 14.3. The molecule has 0 spiro atoms. The maximum absolute atomic E-state index is 10.9. The van der Waals surface area contributed by atoms with E-state index in [1.54, 1.807) is 10.9 Å². The molecule has 1 aliphatic heterocycles. The van der Waals surface area contributed by atoms with Crippen molar-refractivity contribution >= 4 is 23.0 Å². The van der Waals surface area contributed by atoms with Crippen LogP contribution in [-0.2, 0) is 9.53 Å². The number of nitrogens with zero attached hydrogens (tertiary/aromatic N) is 4. The highest BCUT2D eigenvalue weighted by atomic mass is 16.5. The van der Waals surface area contributed by atoms with E-state index in [0.29, 0.717) is 36.8 Å². The quantitative estimate of drug-likeness (QED) is 0.336. The lowest BCUT2D eigenvalue weighted by atomic mass is 9.91. The average molecular weight is 417 g/mol. The number of fused-ring (bicyclic) bond motifs is 1. The Kier molecular flexibility index (Phi) is 6.84. The summed E-state index contributed by atoms with van der Waals surface area (Å²) < 4.78 is 7.90. The fraction of sp³-hybridized carbons (Fsp3) is 0.579. The van der Waals surface area contributed by atoms with Crippen molar-refractivity contribution in [2.45, 2.75) is 62.6 Å². The number of aromatic nitrogens is 4. The second-order valence-electron chi connectivity index (χ2n) is 7.56. The normalized spacial score (nSPS) is 25.8. The van der Waals surface area contributed by atoms with Crippen molar-refractivity contribution in [2.24, 2.45) is 17.4 Å². The fourth-order valence-electron chi connectivity index (χ4n) is 3.82. The molecule has 2 aromatic heterocycles. The zero-order valence-electron chi connectivity index (χ0n) is 16.5. The van der Waals surface area contributed by atoms with Crippen molar-refractivity contribution in [1.82, 2.24) is 19.5 Å². The number of aliphatic carboxylic acids is 1. The third-order valence-electron chi connectivity index (χ3n) is 5.48. The molecular formula is C19H27N7O4. The van der Waals surface area contributed by atoms with Gasteiger partial charge in [0.2, 0.25) is 0 Å². The molecule has 0 aliphatic carbocycles. The van der Waals surface area contributed by atoms with Gasteiger partial charge in [0.05, 0.1) is 18.5 Å². The molecule has 6 atom stereocenters. The van der Waals surface area contributed by atoms with Gasteiger partial charge in [-0.1, -0.05) is 0 Å². The molecule has 8 N–H and O–H groups in total. The number of hydrogen-bond donors (Lipinski definition) is 5. The van der Waals surface area contributed by atoms with E-state index >= 15 is 0 Å². The Morgan fingerprint density at radius 1 is 1.33 bits per heavy atom. The van der Waals surface area contributed by atoms with Crippen LogP contribution in [0.5, 0.6) is 0 Å². The molecule has 2 aromatic rings. The van der Waals surface area contributed by atoms with Crippen LogP contribution < -0.4 is 17.2 Å². The van der Waals surface area contributed by atoms with Crippen LogP contribution in [0.3, 0.4) is 0 Å². The molecule has 1 saturated heterocycles. The fourth-order valence-corrected chi connectivity index (χ4v) is 3.82. The lowest BCUT2D eigenvalue weighted by molar-refractivity contribution is -0.138. The number of ether oxygens (including phenoxy) is 1. The van der Waals surface area contributed by atoms with E-state index < -0.39 is 30.4 Å². The predicted molar refractivity (Wildman–Crippen MR) is 109 cm³/mol. The summed E-state index contributed by atoms with van der Waals surface area (Å²) in [5.41, 5.74) is 18.5. The largest absolute Gasteiger partial charge is 0.480 e. The lowest BCUT2D eigenvalue weighted by Crippen LogP contribution is -2.36.